The van der Waals surface area contributed by atoms with E-state index < -0.39 is 18.0 Å². The van der Waals surface area contributed by atoms with E-state index in [1.165, 1.54) is 24.3 Å². The highest BCUT2D eigenvalue weighted by atomic mass is 19.4. The van der Waals surface area contributed by atoms with Crippen LogP contribution in [0.4, 0.5) is 18.9 Å². The van der Waals surface area contributed by atoms with Crippen LogP contribution in [0.2, 0.25) is 0 Å². The molecular weight excluding hydrogens is 309 g/mol. The van der Waals surface area contributed by atoms with Crippen LogP contribution in [-0.2, 0) is 11.3 Å². The topological polar surface area (TPSA) is 58.2 Å². The number of benzene rings is 2. The van der Waals surface area contributed by atoms with E-state index in [0.29, 0.717) is 6.54 Å². The Morgan fingerprint density at radius 2 is 1.65 bits per heavy atom. The summed E-state index contributed by atoms with van der Waals surface area (Å²) in [6.45, 7) is 0.290. The molecule has 0 heterocycles. The van der Waals surface area contributed by atoms with Crippen molar-refractivity contribution in [3.8, 4) is 0 Å². The molecule has 7 heteroatoms. The number of hydrogen-bond donors (Lipinski definition) is 2. The van der Waals surface area contributed by atoms with E-state index >= 15 is 0 Å². The van der Waals surface area contributed by atoms with E-state index in [4.69, 9.17) is 0 Å². The predicted molar refractivity (Wildman–Crippen MR) is 78.7 cm³/mol. The number of hydrogen-bond acceptors (Lipinski definition) is 2. The van der Waals surface area contributed by atoms with Gasteiger partial charge in [-0.1, -0.05) is 36.4 Å². The zero-order valence-corrected chi connectivity index (χ0v) is 11.9. The van der Waals surface area contributed by atoms with Gasteiger partial charge in [-0.2, -0.15) is 13.2 Å². The van der Waals surface area contributed by atoms with Crippen LogP contribution in [0.5, 0.6) is 0 Å². The minimum Gasteiger partial charge on any atom is -0.348 e. The fourth-order valence-electron chi connectivity index (χ4n) is 1.82. The molecule has 0 bridgehead atoms. The number of rotatable bonds is 4. The third-order valence-electron chi connectivity index (χ3n) is 2.94. The third kappa shape index (κ3) is 4.84. The Morgan fingerprint density at radius 3 is 2.30 bits per heavy atom. The van der Waals surface area contributed by atoms with Gasteiger partial charge < -0.3 is 10.6 Å². The van der Waals surface area contributed by atoms with Crippen molar-refractivity contribution in [1.82, 2.24) is 5.32 Å². The van der Waals surface area contributed by atoms with Gasteiger partial charge in [-0.15, -0.1) is 0 Å². The fraction of sp³-hybridized carbons (Fsp3) is 0.125. The van der Waals surface area contributed by atoms with Gasteiger partial charge in [0, 0.05) is 17.8 Å². The number of amides is 2. The average Bonchev–Trinajstić information content (AvgIpc) is 2.53. The molecule has 0 unspecified atom stereocenters. The Kier molecular flexibility index (Phi) is 5.00. The quantitative estimate of drug-likeness (QED) is 0.909. The van der Waals surface area contributed by atoms with E-state index in [2.05, 4.69) is 5.32 Å². The molecule has 4 nitrogen and oxygen atoms in total. The van der Waals surface area contributed by atoms with Crippen molar-refractivity contribution in [2.75, 3.05) is 5.32 Å². The molecule has 0 saturated heterocycles. The van der Waals surface area contributed by atoms with Crippen LogP contribution < -0.4 is 10.6 Å². The molecule has 2 amide bonds. The lowest BCUT2D eigenvalue weighted by Crippen LogP contribution is -2.30. The Morgan fingerprint density at radius 1 is 0.957 bits per heavy atom. The minimum absolute atomic E-state index is 0.0975. The maximum atomic E-state index is 12.2. The standard InChI is InChI=1S/C16H13F3N2O2/c17-16(18,19)15(23)21-13-8-4-7-12(9-13)14(22)20-10-11-5-2-1-3-6-11/h1-9H,10H2,(H,20,22)(H,21,23). The normalized spacial score (nSPS) is 10.9. The molecule has 120 valence electrons. The number of halogens is 3. The molecule has 0 saturated carbocycles. The number of nitrogens with one attached hydrogen (secondary N) is 2. The summed E-state index contributed by atoms with van der Waals surface area (Å²) in [7, 11) is 0. The molecule has 2 N–H and O–H groups in total. The van der Waals surface area contributed by atoms with Gasteiger partial charge in [0.05, 0.1) is 0 Å². The van der Waals surface area contributed by atoms with Crippen molar-refractivity contribution in [2.45, 2.75) is 12.7 Å². The van der Waals surface area contributed by atoms with E-state index in [1.54, 1.807) is 5.32 Å². The summed E-state index contributed by atoms with van der Waals surface area (Å²) in [4.78, 5) is 22.9. The average molecular weight is 322 g/mol. The fourth-order valence-corrected chi connectivity index (χ4v) is 1.82. The Labute approximate surface area is 130 Å². The summed E-state index contributed by atoms with van der Waals surface area (Å²) in [5.41, 5.74) is 0.947. The van der Waals surface area contributed by atoms with Gasteiger partial charge in [0.15, 0.2) is 0 Å². The zero-order chi connectivity index (χ0) is 16.9. The summed E-state index contributed by atoms with van der Waals surface area (Å²) < 4.78 is 36.6. The second kappa shape index (κ2) is 6.95. The van der Waals surface area contributed by atoms with Gasteiger partial charge in [0.2, 0.25) is 0 Å². The molecular formula is C16H13F3N2O2. The largest absolute Gasteiger partial charge is 0.471 e. The molecule has 0 aliphatic heterocycles. The van der Waals surface area contributed by atoms with Crippen LogP contribution in [0.1, 0.15) is 15.9 Å². The monoisotopic (exact) mass is 322 g/mol. The predicted octanol–water partition coefficient (Wildman–Crippen LogP) is 3.12. The molecule has 0 aliphatic rings. The molecule has 2 rings (SSSR count). The van der Waals surface area contributed by atoms with Crippen LogP contribution >= 0.6 is 0 Å². The lowest BCUT2D eigenvalue weighted by Gasteiger charge is -2.10. The second-order valence-corrected chi connectivity index (χ2v) is 4.70. The van der Waals surface area contributed by atoms with Crippen molar-refractivity contribution in [1.29, 1.82) is 0 Å². The SMILES string of the molecule is O=C(NCc1ccccc1)c1cccc(NC(=O)C(F)(F)F)c1. The van der Waals surface area contributed by atoms with Crippen molar-refractivity contribution >= 4 is 17.5 Å². The molecule has 0 fully saturated rings. The van der Waals surface area contributed by atoms with Crippen molar-refractivity contribution in [3.63, 3.8) is 0 Å². The van der Waals surface area contributed by atoms with Crippen LogP contribution in [-0.4, -0.2) is 18.0 Å². The first-order valence-corrected chi connectivity index (χ1v) is 6.66. The number of carbonyl (C=O) groups is 2. The molecule has 0 atom stereocenters. The second-order valence-electron chi connectivity index (χ2n) is 4.70. The highest BCUT2D eigenvalue weighted by Gasteiger charge is 2.38. The van der Waals surface area contributed by atoms with Crippen molar-refractivity contribution in [3.05, 3.63) is 65.7 Å². The number of carbonyl (C=O) groups excluding carboxylic acids is 2. The Balaban J connectivity index is 2.01. The van der Waals surface area contributed by atoms with E-state index in [-0.39, 0.29) is 11.3 Å². The van der Waals surface area contributed by atoms with Gasteiger partial charge >= 0.3 is 12.1 Å². The molecule has 23 heavy (non-hydrogen) atoms. The molecule has 0 radical (unpaired) electrons. The lowest BCUT2D eigenvalue weighted by molar-refractivity contribution is -0.167. The highest BCUT2D eigenvalue weighted by molar-refractivity contribution is 5.98. The summed E-state index contributed by atoms with van der Waals surface area (Å²) in [6.07, 6.45) is -4.98. The summed E-state index contributed by atoms with van der Waals surface area (Å²) in [6, 6.07) is 14.5. The maximum Gasteiger partial charge on any atom is 0.471 e. The first kappa shape index (κ1) is 16.5. The molecule has 0 aromatic heterocycles. The minimum atomic E-state index is -4.98. The van der Waals surface area contributed by atoms with E-state index in [1.807, 2.05) is 30.3 Å². The Bertz CT molecular complexity index is 700. The van der Waals surface area contributed by atoms with Crippen molar-refractivity contribution in [2.24, 2.45) is 0 Å². The first-order chi connectivity index (χ1) is 10.9. The van der Waals surface area contributed by atoms with E-state index in [0.717, 1.165) is 5.56 Å². The summed E-state index contributed by atoms with van der Waals surface area (Å²) in [5.74, 6) is -2.53. The summed E-state index contributed by atoms with van der Waals surface area (Å²) in [5, 5.41) is 4.36. The maximum absolute atomic E-state index is 12.2. The van der Waals surface area contributed by atoms with Gasteiger partial charge in [0.1, 0.15) is 0 Å². The van der Waals surface area contributed by atoms with Crippen LogP contribution in [0.25, 0.3) is 0 Å². The summed E-state index contributed by atoms with van der Waals surface area (Å²) >= 11 is 0. The van der Waals surface area contributed by atoms with Gasteiger partial charge in [-0.25, -0.2) is 0 Å². The smallest absolute Gasteiger partial charge is 0.348 e. The molecule has 0 spiro atoms. The van der Waals surface area contributed by atoms with Crippen LogP contribution in [0, 0.1) is 0 Å². The van der Waals surface area contributed by atoms with Crippen LogP contribution in [0.3, 0.4) is 0 Å². The van der Waals surface area contributed by atoms with Crippen molar-refractivity contribution < 1.29 is 22.8 Å². The van der Waals surface area contributed by atoms with E-state index in [9.17, 15) is 22.8 Å². The van der Waals surface area contributed by atoms with Gasteiger partial charge in [-0.05, 0) is 23.8 Å². The number of anilines is 1. The lowest BCUT2D eigenvalue weighted by atomic mass is 10.1. The van der Waals surface area contributed by atoms with Gasteiger partial charge in [0.25, 0.3) is 5.91 Å². The molecule has 2 aromatic rings. The molecule has 2 aromatic carbocycles. The first-order valence-electron chi connectivity index (χ1n) is 6.66. The molecule has 0 aliphatic carbocycles. The van der Waals surface area contributed by atoms with Crippen LogP contribution in [0.15, 0.2) is 54.6 Å². The third-order valence-corrected chi connectivity index (χ3v) is 2.94. The number of alkyl halides is 3. The Hall–Kier alpha value is -2.83. The zero-order valence-electron chi connectivity index (χ0n) is 11.9. The van der Waals surface area contributed by atoms with Gasteiger partial charge in [-0.3, -0.25) is 9.59 Å². The highest BCUT2D eigenvalue weighted by Crippen LogP contribution is 2.19.